The van der Waals surface area contributed by atoms with Crippen LogP contribution in [-0.4, -0.2) is 43.2 Å². The van der Waals surface area contributed by atoms with Crippen LogP contribution in [0.1, 0.15) is 86.8 Å². The van der Waals surface area contributed by atoms with Crippen molar-refractivity contribution in [3.05, 3.63) is 63.6 Å². The maximum absolute atomic E-state index is 13.2. The van der Waals surface area contributed by atoms with Crippen LogP contribution in [0.4, 0.5) is 0 Å². The van der Waals surface area contributed by atoms with Gasteiger partial charge in [-0.15, -0.1) is 0 Å². The van der Waals surface area contributed by atoms with Gasteiger partial charge in [-0.1, -0.05) is 6.07 Å². The molecule has 0 radical (unpaired) electrons. The fourth-order valence-electron chi connectivity index (χ4n) is 4.16. The lowest BCUT2D eigenvalue weighted by Crippen LogP contribution is -2.29. The third-order valence-electron chi connectivity index (χ3n) is 5.72. The second-order valence-corrected chi connectivity index (χ2v) is 9.27. The molecule has 0 unspecified atom stereocenters. The van der Waals surface area contributed by atoms with Crippen molar-refractivity contribution in [1.82, 2.24) is 19.9 Å². The summed E-state index contributed by atoms with van der Waals surface area (Å²) in [6, 6.07) is 4.54. The first-order valence-electron chi connectivity index (χ1n) is 10.7. The first-order valence-corrected chi connectivity index (χ1v) is 10.7. The summed E-state index contributed by atoms with van der Waals surface area (Å²) in [6.07, 6.45) is 2.91. The van der Waals surface area contributed by atoms with E-state index in [9.17, 15) is 19.5 Å². The molecule has 1 atom stereocenters. The zero-order chi connectivity index (χ0) is 24.1. The summed E-state index contributed by atoms with van der Waals surface area (Å²) < 4.78 is 6.87. The van der Waals surface area contributed by atoms with Gasteiger partial charge in [-0.05, 0) is 70.2 Å². The zero-order valence-corrected chi connectivity index (χ0v) is 19.2. The largest absolute Gasteiger partial charge is 0.477 e. The van der Waals surface area contributed by atoms with Crippen LogP contribution >= 0.6 is 0 Å². The normalized spacial score (nSPS) is 15.4. The number of carbonyl (C=O) groups excluding carboxylic acids is 2. The third-order valence-corrected chi connectivity index (χ3v) is 5.72. The maximum Gasteiger partial charge on any atom is 0.354 e. The highest BCUT2D eigenvalue weighted by Gasteiger charge is 2.30. The number of carboxylic acid groups (broad SMARTS) is 1. The smallest absolute Gasteiger partial charge is 0.354 e. The van der Waals surface area contributed by atoms with Crippen LogP contribution in [0.25, 0.3) is 5.65 Å². The minimum Gasteiger partial charge on any atom is -0.477 e. The predicted octanol–water partition coefficient (Wildman–Crippen LogP) is 3.42. The van der Waals surface area contributed by atoms with E-state index in [1.165, 1.54) is 16.8 Å². The van der Waals surface area contributed by atoms with Gasteiger partial charge in [-0.2, -0.15) is 5.10 Å². The van der Waals surface area contributed by atoms with Gasteiger partial charge in [-0.3, -0.25) is 4.79 Å². The lowest BCUT2D eigenvalue weighted by molar-refractivity contribution is 0.00682. The number of nitrogens with one attached hydrogen (secondary N) is 1. The molecule has 2 N–H and O–H groups in total. The van der Waals surface area contributed by atoms with Gasteiger partial charge in [0.05, 0.1) is 17.8 Å². The lowest BCUT2D eigenvalue weighted by atomic mass is 9.97. The highest BCUT2D eigenvalue weighted by atomic mass is 16.6. The van der Waals surface area contributed by atoms with Crippen molar-refractivity contribution < 1.29 is 24.2 Å². The molecule has 33 heavy (non-hydrogen) atoms. The number of aryl methyl sites for hydroxylation is 1. The molecule has 0 fully saturated rings. The Labute approximate surface area is 190 Å². The number of hydrogen-bond donors (Lipinski definition) is 2. The summed E-state index contributed by atoms with van der Waals surface area (Å²) in [6.45, 7) is 9.12. The van der Waals surface area contributed by atoms with Crippen LogP contribution in [0, 0.1) is 13.8 Å². The van der Waals surface area contributed by atoms with Crippen molar-refractivity contribution in [3.63, 3.8) is 0 Å². The van der Waals surface area contributed by atoms with Crippen molar-refractivity contribution >= 4 is 23.5 Å². The Kier molecular flexibility index (Phi) is 5.43. The van der Waals surface area contributed by atoms with Gasteiger partial charge in [0, 0.05) is 11.6 Å². The van der Waals surface area contributed by atoms with Crippen LogP contribution in [0.2, 0.25) is 0 Å². The van der Waals surface area contributed by atoms with Gasteiger partial charge in [0.15, 0.2) is 11.3 Å². The van der Waals surface area contributed by atoms with E-state index in [4.69, 9.17) is 4.74 Å². The number of hydrogen-bond acceptors (Lipinski definition) is 6. The molecule has 0 saturated carbocycles. The van der Waals surface area contributed by atoms with Crippen LogP contribution in [0.5, 0.6) is 0 Å². The predicted molar refractivity (Wildman–Crippen MR) is 120 cm³/mol. The number of nitrogens with zero attached hydrogens (tertiary/aromatic N) is 3. The molecule has 0 bridgehead atoms. The number of fused-ring (bicyclic) bond motifs is 2. The summed E-state index contributed by atoms with van der Waals surface area (Å²) in [7, 11) is 0. The van der Waals surface area contributed by atoms with E-state index in [1.807, 2.05) is 33.8 Å². The fraction of sp³-hybridized carbons (Fsp3) is 0.375. The fourth-order valence-corrected chi connectivity index (χ4v) is 4.16. The van der Waals surface area contributed by atoms with Gasteiger partial charge < -0.3 is 15.2 Å². The zero-order valence-electron chi connectivity index (χ0n) is 19.2. The van der Waals surface area contributed by atoms with E-state index in [0.717, 1.165) is 16.7 Å². The number of aromatic nitrogens is 3. The Morgan fingerprint density at radius 1 is 1.21 bits per heavy atom. The first-order chi connectivity index (χ1) is 15.5. The Hall–Kier alpha value is -3.75. The summed E-state index contributed by atoms with van der Waals surface area (Å²) in [5, 5.41) is 16.6. The number of esters is 1. The van der Waals surface area contributed by atoms with Crippen molar-refractivity contribution in [2.75, 3.05) is 0 Å². The number of amides is 1. The molecular weight excluding hydrogens is 424 g/mol. The van der Waals surface area contributed by atoms with Crippen LogP contribution in [-0.2, 0) is 11.2 Å². The van der Waals surface area contributed by atoms with E-state index in [-0.39, 0.29) is 23.4 Å². The van der Waals surface area contributed by atoms with Gasteiger partial charge in [-0.25, -0.2) is 19.1 Å². The number of carboxylic acids is 1. The summed E-state index contributed by atoms with van der Waals surface area (Å²) in [5.41, 5.74) is 3.60. The minimum absolute atomic E-state index is 0.0982. The van der Waals surface area contributed by atoms with Gasteiger partial charge in [0.25, 0.3) is 5.91 Å². The molecule has 2 aromatic heterocycles. The monoisotopic (exact) mass is 450 g/mol. The van der Waals surface area contributed by atoms with E-state index in [2.05, 4.69) is 15.4 Å². The number of rotatable bonds is 4. The summed E-state index contributed by atoms with van der Waals surface area (Å²) >= 11 is 0. The first kappa shape index (κ1) is 22.4. The second kappa shape index (κ2) is 7.99. The van der Waals surface area contributed by atoms with E-state index in [0.29, 0.717) is 29.6 Å². The van der Waals surface area contributed by atoms with E-state index < -0.39 is 17.5 Å². The van der Waals surface area contributed by atoms with E-state index >= 15 is 0 Å². The van der Waals surface area contributed by atoms with Crippen LogP contribution in [0.3, 0.4) is 0 Å². The topological polar surface area (TPSA) is 123 Å². The average molecular weight is 450 g/mol. The quantitative estimate of drug-likeness (QED) is 0.584. The Morgan fingerprint density at radius 2 is 1.94 bits per heavy atom. The summed E-state index contributed by atoms with van der Waals surface area (Å²) in [4.78, 5) is 41.3. The number of benzene rings is 1. The minimum atomic E-state index is -1.22. The second-order valence-electron chi connectivity index (χ2n) is 9.27. The van der Waals surface area contributed by atoms with Crippen molar-refractivity contribution in [2.45, 2.75) is 59.1 Å². The maximum atomic E-state index is 13.2. The third kappa shape index (κ3) is 4.18. The molecule has 1 amide bonds. The Bertz CT molecular complexity index is 1300. The van der Waals surface area contributed by atoms with Gasteiger partial charge >= 0.3 is 11.9 Å². The highest BCUT2D eigenvalue weighted by molar-refractivity contribution is 5.96. The number of aromatic carboxylic acids is 1. The highest BCUT2D eigenvalue weighted by Crippen LogP contribution is 2.35. The Morgan fingerprint density at radius 3 is 2.61 bits per heavy atom. The molecule has 9 nitrogen and oxygen atoms in total. The van der Waals surface area contributed by atoms with Crippen molar-refractivity contribution in [1.29, 1.82) is 0 Å². The Balaban J connectivity index is 1.63. The van der Waals surface area contributed by atoms with Gasteiger partial charge in [0.1, 0.15) is 11.3 Å². The SMILES string of the molecule is Cc1c(C(=O)OC(C)(C)C)ccc2c1CC[C@@H]2NC(=O)c1cc(C(=O)O)nc2c(C)cnn12. The molecule has 1 aliphatic rings. The molecule has 1 aromatic carbocycles. The molecule has 0 saturated heterocycles. The van der Waals surface area contributed by atoms with Gasteiger partial charge in [0.2, 0.25) is 0 Å². The molecule has 0 aliphatic heterocycles. The molecule has 1 aliphatic carbocycles. The number of carbonyl (C=O) groups is 3. The van der Waals surface area contributed by atoms with Crippen LogP contribution in [0.15, 0.2) is 24.4 Å². The average Bonchev–Trinajstić information content (AvgIpc) is 3.30. The van der Waals surface area contributed by atoms with Crippen molar-refractivity contribution in [2.24, 2.45) is 0 Å². The molecule has 2 heterocycles. The molecule has 3 aromatic rings. The summed E-state index contributed by atoms with van der Waals surface area (Å²) in [5.74, 6) is -2.03. The molecular formula is C24H26N4O5. The van der Waals surface area contributed by atoms with Crippen molar-refractivity contribution in [3.8, 4) is 0 Å². The molecule has 9 heteroatoms. The number of ether oxygens (including phenoxy) is 1. The molecule has 4 rings (SSSR count). The van der Waals surface area contributed by atoms with Crippen LogP contribution < -0.4 is 5.32 Å². The molecule has 0 spiro atoms. The van der Waals surface area contributed by atoms with E-state index in [1.54, 1.807) is 13.0 Å². The standard InChI is InChI=1S/C24H26N4O5/c1-12-11-25-28-19(10-18(22(30)31)26-20(12)28)21(29)27-17-9-8-14-13(2)15(6-7-16(14)17)23(32)33-24(3,4)5/h6-7,10-11,17H,8-9H2,1-5H3,(H,27,29)(H,30,31)/t17-/m0/s1. The lowest BCUT2D eigenvalue weighted by Gasteiger charge is -2.21. The molecule has 172 valence electrons.